The first-order valence-corrected chi connectivity index (χ1v) is 11.2. The standard InChI is InChI=1S/C25H28N4O4/c1-16-6-8-19(9-7-16)29-15-18(14-22(29)30)25(33)28-12-10-17(11-13-28)24(32)27-21-5-3-2-4-20(21)23(26)31/h2-9,17-18H,10-15H2,1H3,(H2,26,31)(H,27,32). The number of hydrogen-bond acceptors (Lipinski definition) is 4. The van der Waals surface area contributed by atoms with Crippen LogP contribution in [-0.4, -0.2) is 48.2 Å². The second kappa shape index (κ2) is 9.44. The molecule has 2 aromatic carbocycles. The topological polar surface area (TPSA) is 113 Å². The molecule has 0 bridgehead atoms. The maximum Gasteiger partial charge on any atom is 0.250 e. The lowest BCUT2D eigenvalue weighted by atomic mass is 9.94. The molecule has 4 rings (SSSR count). The predicted octanol–water partition coefficient (Wildman–Crippen LogP) is 2.32. The van der Waals surface area contributed by atoms with Crippen molar-refractivity contribution in [1.82, 2.24) is 4.90 Å². The predicted molar refractivity (Wildman–Crippen MR) is 125 cm³/mol. The highest BCUT2D eigenvalue weighted by Gasteiger charge is 2.38. The molecule has 2 fully saturated rings. The number of rotatable bonds is 5. The second-order valence-corrected chi connectivity index (χ2v) is 8.74. The van der Waals surface area contributed by atoms with Crippen LogP contribution in [0.25, 0.3) is 0 Å². The van der Waals surface area contributed by atoms with E-state index in [-0.39, 0.29) is 41.5 Å². The maximum atomic E-state index is 13.1. The van der Waals surface area contributed by atoms with Gasteiger partial charge in [-0.15, -0.1) is 0 Å². The lowest BCUT2D eigenvalue weighted by Crippen LogP contribution is -2.44. The highest BCUT2D eigenvalue weighted by atomic mass is 16.2. The molecule has 3 N–H and O–H groups in total. The summed E-state index contributed by atoms with van der Waals surface area (Å²) in [7, 11) is 0. The first kappa shape index (κ1) is 22.5. The van der Waals surface area contributed by atoms with Crippen LogP contribution in [0, 0.1) is 18.8 Å². The maximum absolute atomic E-state index is 13.1. The molecule has 0 saturated carbocycles. The average Bonchev–Trinajstić information content (AvgIpc) is 3.21. The molecule has 2 aliphatic rings. The Morgan fingerprint density at radius 2 is 1.64 bits per heavy atom. The van der Waals surface area contributed by atoms with Crippen LogP contribution in [0.15, 0.2) is 48.5 Å². The Balaban J connectivity index is 1.32. The number of aryl methyl sites for hydroxylation is 1. The van der Waals surface area contributed by atoms with Crippen molar-refractivity contribution in [3.63, 3.8) is 0 Å². The molecule has 4 amide bonds. The van der Waals surface area contributed by atoms with Gasteiger partial charge in [0.05, 0.1) is 17.2 Å². The van der Waals surface area contributed by atoms with Gasteiger partial charge in [0.2, 0.25) is 17.7 Å². The number of hydrogen-bond donors (Lipinski definition) is 2. The molecule has 33 heavy (non-hydrogen) atoms. The van der Waals surface area contributed by atoms with Crippen LogP contribution in [0.5, 0.6) is 0 Å². The van der Waals surface area contributed by atoms with E-state index in [4.69, 9.17) is 5.73 Å². The Bertz CT molecular complexity index is 1070. The third-order valence-corrected chi connectivity index (χ3v) is 6.45. The van der Waals surface area contributed by atoms with Crippen molar-refractivity contribution >= 4 is 35.0 Å². The Morgan fingerprint density at radius 3 is 2.30 bits per heavy atom. The minimum absolute atomic E-state index is 0.0316. The largest absolute Gasteiger partial charge is 0.366 e. The molecule has 0 aromatic heterocycles. The zero-order valence-electron chi connectivity index (χ0n) is 18.6. The Hall–Kier alpha value is -3.68. The lowest BCUT2D eigenvalue weighted by molar-refractivity contribution is -0.138. The third kappa shape index (κ3) is 4.89. The smallest absolute Gasteiger partial charge is 0.250 e. The van der Waals surface area contributed by atoms with Gasteiger partial charge in [-0.1, -0.05) is 29.8 Å². The molecule has 1 atom stereocenters. The number of nitrogens with zero attached hydrogens (tertiary/aromatic N) is 2. The van der Waals surface area contributed by atoms with E-state index in [0.29, 0.717) is 38.2 Å². The Labute approximate surface area is 192 Å². The zero-order chi connectivity index (χ0) is 23.5. The Kier molecular flexibility index (Phi) is 6.44. The summed E-state index contributed by atoms with van der Waals surface area (Å²) in [6.45, 7) is 3.29. The molecule has 2 aromatic rings. The van der Waals surface area contributed by atoms with Crippen LogP contribution < -0.4 is 16.0 Å². The van der Waals surface area contributed by atoms with E-state index in [9.17, 15) is 19.2 Å². The highest BCUT2D eigenvalue weighted by Crippen LogP contribution is 2.28. The molecule has 8 nitrogen and oxygen atoms in total. The van der Waals surface area contributed by atoms with Gasteiger partial charge in [-0.25, -0.2) is 0 Å². The normalized spacial score (nSPS) is 18.9. The van der Waals surface area contributed by atoms with Crippen LogP contribution >= 0.6 is 0 Å². The van der Waals surface area contributed by atoms with Crippen molar-refractivity contribution in [1.29, 1.82) is 0 Å². The fourth-order valence-corrected chi connectivity index (χ4v) is 4.51. The van der Waals surface area contributed by atoms with Gasteiger partial charge in [-0.3, -0.25) is 19.2 Å². The summed E-state index contributed by atoms with van der Waals surface area (Å²) in [5.41, 5.74) is 7.97. The second-order valence-electron chi connectivity index (χ2n) is 8.74. The van der Waals surface area contributed by atoms with Gasteiger partial charge in [-0.05, 0) is 44.0 Å². The number of primary amides is 1. The van der Waals surface area contributed by atoms with Gasteiger partial charge in [-0.2, -0.15) is 0 Å². The van der Waals surface area contributed by atoms with Crippen molar-refractivity contribution in [2.24, 2.45) is 17.6 Å². The molecule has 0 spiro atoms. The summed E-state index contributed by atoms with van der Waals surface area (Å²) in [6, 6.07) is 14.3. The summed E-state index contributed by atoms with van der Waals surface area (Å²) in [6.07, 6.45) is 1.26. The number of anilines is 2. The molecule has 8 heteroatoms. The van der Waals surface area contributed by atoms with Crippen LogP contribution in [0.3, 0.4) is 0 Å². The number of amides is 4. The summed E-state index contributed by atoms with van der Waals surface area (Å²) < 4.78 is 0. The first-order valence-electron chi connectivity index (χ1n) is 11.2. The van der Waals surface area contributed by atoms with Gasteiger partial charge < -0.3 is 20.9 Å². The molecule has 2 saturated heterocycles. The molecule has 0 aliphatic carbocycles. The number of nitrogens with two attached hydrogens (primary N) is 1. The third-order valence-electron chi connectivity index (χ3n) is 6.45. The quantitative estimate of drug-likeness (QED) is 0.731. The van der Waals surface area contributed by atoms with Crippen molar-refractivity contribution in [3.8, 4) is 0 Å². The number of para-hydroxylation sites is 1. The van der Waals surface area contributed by atoms with Crippen molar-refractivity contribution in [3.05, 3.63) is 59.7 Å². The van der Waals surface area contributed by atoms with E-state index in [0.717, 1.165) is 11.3 Å². The summed E-state index contributed by atoms with van der Waals surface area (Å²) in [5.74, 6) is -1.49. The van der Waals surface area contributed by atoms with Crippen molar-refractivity contribution in [2.45, 2.75) is 26.2 Å². The summed E-state index contributed by atoms with van der Waals surface area (Å²) >= 11 is 0. The molecular weight excluding hydrogens is 420 g/mol. The number of piperidine rings is 1. The minimum atomic E-state index is -0.600. The van der Waals surface area contributed by atoms with Crippen LogP contribution in [0.1, 0.15) is 35.2 Å². The van der Waals surface area contributed by atoms with Crippen LogP contribution in [-0.2, 0) is 14.4 Å². The molecule has 2 aliphatic heterocycles. The van der Waals surface area contributed by atoms with Gasteiger partial charge in [0.25, 0.3) is 5.91 Å². The number of carbonyl (C=O) groups is 4. The van der Waals surface area contributed by atoms with E-state index < -0.39 is 5.91 Å². The number of carbonyl (C=O) groups excluding carboxylic acids is 4. The minimum Gasteiger partial charge on any atom is -0.366 e. The fourth-order valence-electron chi connectivity index (χ4n) is 4.51. The first-order chi connectivity index (χ1) is 15.8. The van der Waals surface area contributed by atoms with Gasteiger partial charge in [0.15, 0.2) is 0 Å². The van der Waals surface area contributed by atoms with Gasteiger partial charge in [0, 0.05) is 37.7 Å². The average molecular weight is 449 g/mol. The molecule has 1 unspecified atom stereocenters. The van der Waals surface area contributed by atoms with Crippen LogP contribution in [0.4, 0.5) is 11.4 Å². The highest BCUT2D eigenvalue weighted by molar-refractivity contribution is 6.03. The van der Waals surface area contributed by atoms with E-state index >= 15 is 0 Å². The number of likely N-dealkylation sites (tertiary alicyclic amines) is 1. The SMILES string of the molecule is Cc1ccc(N2CC(C(=O)N3CCC(C(=O)Nc4ccccc4C(N)=O)CC3)CC2=O)cc1. The van der Waals surface area contributed by atoms with E-state index in [1.165, 1.54) is 0 Å². The van der Waals surface area contributed by atoms with Gasteiger partial charge in [0.1, 0.15) is 0 Å². The lowest BCUT2D eigenvalue weighted by Gasteiger charge is -2.33. The molecular formula is C25H28N4O4. The van der Waals surface area contributed by atoms with E-state index in [2.05, 4.69) is 5.32 Å². The zero-order valence-corrected chi connectivity index (χ0v) is 18.6. The monoisotopic (exact) mass is 448 g/mol. The summed E-state index contributed by atoms with van der Waals surface area (Å²) in [5, 5.41) is 2.80. The van der Waals surface area contributed by atoms with Gasteiger partial charge >= 0.3 is 0 Å². The van der Waals surface area contributed by atoms with Crippen molar-refractivity contribution < 1.29 is 19.2 Å². The van der Waals surface area contributed by atoms with E-state index in [1.54, 1.807) is 34.1 Å². The van der Waals surface area contributed by atoms with Crippen molar-refractivity contribution in [2.75, 3.05) is 29.9 Å². The molecule has 0 radical (unpaired) electrons. The molecule has 2 heterocycles. The Morgan fingerprint density at radius 1 is 0.970 bits per heavy atom. The van der Waals surface area contributed by atoms with E-state index in [1.807, 2.05) is 31.2 Å². The molecule has 172 valence electrons. The fraction of sp³-hybridized carbons (Fsp3) is 0.360. The number of nitrogens with one attached hydrogen (secondary N) is 1. The summed E-state index contributed by atoms with van der Waals surface area (Å²) in [4.78, 5) is 53.3. The van der Waals surface area contributed by atoms with Crippen LogP contribution in [0.2, 0.25) is 0 Å². The number of benzene rings is 2.